The van der Waals surface area contributed by atoms with Crippen molar-refractivity contribution in [1.29, 1.82) is 0 Å². The highest BCUT2D eigenvalue weighted by Crippen LogP contribution is 2.31. The normalized spacial score (nSPS) is 13.0. The Hall–Kier alpha value is -2.54. The quantitative estimate of drug-likeness (QED) is 0.674. The first-order valence-corrected chi connectivity index (χ1v) is 8.38. The molecule has 0 saturated carbocycles. The van der Waals surface area contributed by atoms with Crippen molar-refractivity contribution in [1.82, 2.24) is 10.1 Å². The lowest BCUT2D eigenvalue weighted by atomic mass is 10.2. The summed E-state index contributed by atoms with van der Waals surface area (Å²) in [5.41, 5.74) is 1.88. The SMILES string of the molecule is O=C(OCc1nc(-c2ccc(F)cc2)no1)c1cc2c(s1)CCC2. The first-order valence-electron chi connectivity index (χ1n) is 7.56. The van der Waals surface area contributed by atoms with Crippen LogP contribution in [0.2, 0.25) is 0 Å². The first kappa shape index (κ1) is 15.0. The minimum absolute atomic E-state index is 0.0877. The Labute approximate surface area is 141 Å². The number of fused-ring (bicyclic) bond motifs is 1. The number of aromatic nitrogens is 2. The summed E-state index contributed by atoms with van der Waals surface area (Å²) in [6.07, 6.45) is 3.23. The van der Waals surface area contributed by atoms with Crippen LogP contribution < -0.4 is 0 Å². The second kappa shape index (κ2) is 6.16. The average molecular weight is 344 g/mol. The van der Waals surface area contributed by atoms with Crippen molar-refractivity contribution >= 4 is 17.3 Å². The van der Waals surface area contributed by atoms with Crippen LogP contribution in [0.15, 0.2) is 34.9 Å². The Balaban J connectivity index is 1.40. The number of hydrogen-bond donors (Lipinski definition) is 0. The molecule has 3 aromatic rings. The summed E-state index contributed by atoms with van der Waals surface area (Å²) in [5, 5.41) is 3.81. The second-order valence-corrected chi connectivity index (χ2v) is 6.64. The second-order valence-electron chi connectivity index (χ2n) is 5.51. The molecule has 0 radical (unpaired) electrons. The fourth-order valence-corrected chi connectivity index (χ4v) is 3.81. The molecule has 0 fully saturated rings. The molecule has 24 heavy (non-hydrogen) atoms. The van der Waals surface area contributed by atoms with Crippen molar-refractivity contribution in [3.05, 3.63) is 57.4 Å². The van der Waals surface area contributed by atoms with Crippen molar-refractivity contribution in [3.63, 3.8) is 0 Å². The molecule has 0 saturated heterocycles. The molecule has 1 aromatic carbocycles. The predicted octanol–water partition coefficient (Wildman–Crippen LogP) is 3.78. The van der Waals surface area contributed by atoms with Crippen LogP contribution in [0.3, 0.4) is 0 Å². The van der Waals surface area contributed by atoms with Gasteiger partial charge < -0.3 is 9.26 Å². The summed E-state index contributed by atoms with van der Waals surface area (Å²) in [7, 11) is 0. The van der Waals surface area contributed by atoms with Crippen LogP contribution in [0.5, 0.6) is 0 Å². The number of thiophene rings is 1. The number of aryl methyl sites for hydroxylation is 2. The minimum atomic E-state index is -0.379. The maximum absolute atomic E-state index is 12.9. The highest BCUT2D eigenvalue weighted by atomic mass is 32.1. The maximum Gasteiger partial charge on any atom is 0.348 e. The minimum Gasteiger partial charge on any atom is -0.451 e. The Morgan fingerprint density at radius 3 is 2.92 bits per heavy atom. The standard InChI is InChI=1S/C17H13FN2O3S/c18-12-6-4-10(5-7-12)16-19-15(23-20-16)9-22-17(21)14-8-11-2-1-3-13(11)24-14/h4-8H,1-3,9H2. The number of rotatable bonds is 4. The fraction of sp³-hybridized carbons (Fsp3) is 0.235. The monoisotopic (exact) mass is 344 g/mol. The molecule has 4 rings (SSSR count). The molecule has 2 heterocycles. The molecule has 0 aliphatic heterocycles. The highest BCUT2D eigenvalue weighted by Gasteiger charge is 2.20. The summed E-state index contributed by atoms with van der Waals surface area (Å²) < 4.78 is 23.2. The van der Waals surface area contributed by atoms with Gasteiger partial charge in [-0.25, -0.2) is 9.18 Å². The van der Waals surface area contributed by atoms with Crippen LogP contribution >= 0.6 is 11.3 Å². The molecule has 0 bridgehead atoms. The summed E-state index contributed by atoms with van der Waals surface area (Å²) in [6, 6.07) is 7.67. The van der Waals surface area contributed by atoms with Crippen LogP contribution in [0.4, 0.5) is 4.39 Å². The predicted molar refractivity (Wildman–Crippen MR) is 85.2 cm³/mol. The number of benzene rings is 1. The van der Waals surface area contributed by atoms with Gasteiger partial charge in [-0.2, -0.15) is 4.98 Å². The zero-order valence-electron chi connectivity index (χ0n) is 12.6. The number of carbonyl (C=O) groups is 1. The van der Waals surface area contributed by atoms with E-state index in [1.165, 1.54) is 33.9 Å². The topological polar surface area (TPSA) is 65.2 Å². The van der Waals surface area contributed by atoms with E-state index < -0.39 is 0 Å². The largest absolute Gasteiger partial charge is 0.451 e. The van der Waals surface area contributed by atoms with Crippen LogP contribution in [-0.2, 0) is 24.2 Å². The zero-order valence-corrected chi connectivity index (χ0v) is 13.4. The van der Waals surface area contributed by atoms with E-state index >= 15 is 0 Å². The number of carbonyl (C=O) groups excluding carboxylic acids is 1. The van der Waals surface area contributed by atoms with E-state index in [0.29, 0.717) is 16.3 Å². The summed E-state index contributed by atoms with van der Waals surface area (Å²) in [5.74, 6) is -0.182. The first-order chi connectivity index (χ1) is 11.7. The van der Waals surface area contributed by atoms with Gasteiger partial charge in [0.25, 0.3) is 5.89 Å². The van der Waals surface area contributed by atoms with E-state index in [1.54, 1.807) is 12.1 Å². The van der Waals surface area contributed by atoms with Gasteiger partial charge in [0, 0.05) is 10.4 Å². The van der Waals surface area contributed by atoms with Crippen LogP contribution in [0, 0.1) is 5.82 Å². The van der Waals surface area contributed by atoms with E-state index in [1.807, 2.05) is 6.07 Å². The molecule has 2 aromatic heterocycles. The van der Waals surface area contributed by atoms with Gasteiger partial charge in [0.2, 0.25) is 5.82 Å². The molecular weight excluding hydrogens is 331 g/mol. The molecule has 5 nitrogen and oxygen atoms in total. The van der Waals surface area contributed by atoms with E-state index in [0.717, 1.165) is 19.3 Å². The number of hydrogen-bond acceptors (Lipinski definition) is 6. The van der Waals surface area contributed by atoms with Crippen molar-refractivity contribution in [2.75, 3.05) is 0 Å². The zero-order chi connectivity index (χ0) is 16.5. The fourth-order valence-electron chi connectivity index (χ4n) is 2.66. The third-order valence-corrected chi connectivity index (χ3v) is 5.06. The smallest absolute Gasteiger partial charge is 0.348 e. The number of esters is 1. The molecule has 1 aliphatic carbocycles. The molecule has 0 atom stereocenters. The van der Waals surface area contributed by atoms with Gasteiger partial charge in [-0.05, 0) is 55.2 Å². The van der Waals surface area contributed by atoms with Gasteiger partial charge in [-0.1, -0.05) is 5.16 Å². The molecule has 7 heteroatoms. The van der Waals surface area contributed by atoms with Gasteiger partial charge in [0.05, 0.1) is 0 Å². The lowest BCUT2D eigenvalue weighted by Crippen LogP contribution is -2.03. The van der Waals surface area contributed by atoms with Crippen molar-refractivity contribution in [2.24, 2.45) is 0 Å². The molecule has 0 spiro atoms. The Bertz CT molecular complexity index is 864. The molecule has 0 N–H and O–H groups in total. The van der Waals surface area contributed by atoms with Crippen LogP contribution in [-0.4, -0.2) is 16.1 Å². The summed E-state index contributed by atoms with van der Waals surface area (Å²) in [6.45, 7) is -0.0877. The number of ether oxygens (including phenoxy) is 1. The van der Waals surface area contributed by atoms with Gasteiger partial charge in [-0.3, -0.25) is 0 Å². The molecule has 0 amide bonds. The number of halogens is 1. The Morgan fingerprint density at radius 2 is 2.12 bits per heavy atom. The lowest BCUT2D eigenvalue weighted by molar-refractivity contribution is 0.0435. The Morgan fingerprint density at radius 1 is 1.29 bits per heavy atom. The molecule has 122 valence electrons. The van der Waals surface area contributed by atoms with Crippen LogP contribution in [0.1, 0.15) is 32.4 Å². The van der Waals surface area contributed by atoms with Crippen LogP contribution in [0.25, 0.3) is 11.4 Å². The van der Waals surface area contributed by atoms with E-state index in [-0.39, 0.29) is 24.3 Å². The van der Waals surface area contributed by atoms with Crippen molar-refractivity contribution < 1.29 is 18.4 Å². The van der Waals surface area contributed by atoms with E-state index in [2.05, 4.69) is 10.1 Å². The van der Waals surface area contributed by atoms with Gasteiger partial charge in [0.15, 0.2) is 6.61 Å². The van der Waals surface area contributed by atoms with E-state index in [9.17, 15) is 9.18 Å². The Kier molecular flexibility index (Phi) is 3.86. The maximum atomic E-state index is 12.9. The lowest BCUT2D eigenvalue weighted by Gasteiger charge is -1.98. The van der Waals surface area contributed by atoms with Crippen molar-refractivity contribution in [2.45, 2.75) is 25.9 Å². The average Bonchev–Trinajstić information content (AvgIpc) is 3.29. The number of nitrogens with zero attached hydrogens (tertiary/aromatic N) is 2. The van der Waals surface area contributed by atoms with E-state index in [4.69, 9.17) is 9.26 Å². The highest BCUT2D eigenvalue weighted by molar-refractivity contribution is 7.14. The summed E-state index contributed by atoms with van der Waals surface area (Å²) in [4.78, 5) is 18.1. The summed E-state index contributed by atoms with van der Waals surface area (Å²) >= 11 is 1.49. The molecular formula is C17H13FN2O3S. The van der Waals surface area contributed by atoms with Gasteiger partial charge in [0.1, 0.15) is 10.7 Å². The van der Waals surface area contributed by atoms with Gasteiger partial charge >= 0.3 is 5.97 Å². The third kappa shape index (κ3) is 2.94. The van der Waals surface area contributed by atoms with Gasteiger partial charge in [-0.15, -0.1) is 11.3 Å². The molecule has 0 unspecified atom stereocenters. The third-order valence-electron chi connectivity index (χ3n) is 3.85. The van der Waals surface area contributed by atoms with Crippen molar-refractivity contribution in [3.8, 4) is 11.4 Å². The molecule has 1 aliphatic rings.